The molecule has 1 aliphatic rings. The number of hydrogen-bond donors (Lipinski definition) is 2. The van der Waals surface area contributed by atoms with Crippen LogP contribution in [-0.4, -0.2) is 78.8 Å². The Morgan fingerprint density at radius 2 is 1.93 bits per heavy atom. The summed E-state index contributed by atoms with van der Waals surface area (Å²) in [6, 6.07) is 5.85. The molecule has 1 saturated heterocycles. The molecule has 2 N–H and O–H groups in total. The largest absolute Gasteiger partial charge is 0.444 e. The first-order valence-electron chi connectivity index (χ1n) is 9.42. The molecular formula is C19H33IN6O2. The van der Waals surface area contributed by atoms with Crippen molar-refractivity contribution >= 4 is 36.0 Å². The fraction of sp³-hybridized carbons (Fsp3) is 0.632. The Morgan fingerprint density at radius 3 is 2.50 bits per heavy atom. The third-order valence-electron chi connectivity index (χ3n) is 4.13. The van der Waals surface area contributed by atoms with Crippen LogP contribution in [0.5, 0.6) is 0 Å². The molecule has 0 atom stereocenters. The number of carbonyl (C=O) groups is 1. The minimum absolute atomic E-state index is 0. The molecule has 0 aromatic carbocycles. The summed E-state index contributed by atoms with van der Waals surface area (Å²) in [5, 5.41) is 6.57. The molecule has 0 spiro atoms. The number of pyridine rings is 1. The molecule has 9 heteroatoms. The molecule has 2 rings (SSSR count). The fourth-order valence-electron chi connectivity index (χ4n) is 2.71. The second-order valence-corrected chi connectivity index (χ2v) is 7.48. The topological polar surface area (TPSA) is 82.1 Å². The number of aliphatic imine (C=N–C) groups is 1. The van der Waals surface area contributed by atoms with Gasteiger partial charge in [-0.25, -0.2) is 4.79 Å². The van der Waals surface area contributed by atoms with Gasteiger partial charge >= 0.3 is 6.09 Å². The van der Waals surface area contributed by atoms with Crippen molar-refractivity contribution in [3.63, 3.8) is 0 Å². The lowest BCUT2D eigenvalue weighted by atomic mass is 10.2. The Kier molecular flexibility index (Phi) is 10.5. The molecule has 0 bridgehead atoms. The van der Waals surface area contributed by atoms with Crippen molar-refractivity contribution in [3.8, 4) is 0 Å². The zero-order valence-electron chi connectivity index (χ0n) is 17.3. The number of piperazine rings is 1. The van der Waals surface area contributed by atoms with E-state index in [0.717, 1.165) is 37.8 Å². The van der Waals surface area contributed by atoms with Gasteiger partial charge in [0, 0.05) is 52.5 Å². The molecule has 0 unspecified atom stereocenters. The summed E-state index contributed by atoms with van der Waals surface area (Å²) in [4.78, 5) is 24.7. The van der Waals surface area contributed by atoms with Crippen LogP contribution in [0, 0.1) is 0 Å². The normalized spacial score (nSPS) is 15.6. The quantitative estimate of drug-likeness (QED) is 0.363. The van der Waals surface area contributed by atoms with Crippen LogP contribution in [0.4, 0.5) is 4.79 Å². The SMILES string of the molecule is CN=C(NCCN1CCN(C(=O)OC(C)(C)C)CC1)NCc1ccccn1.I. The van der Waals surface area contributed by atoms with Gasteiger partial charge in [0.05, 0.1) is 12.2 Å². The first-order valence-corrected chi connectivity index (χ1v) is 9.42. The number of hydrogen-bond acceptors (Lipinski definition) is 5. The van der Waals surface area contributed by atoms with Gasteiger partial charge in [-0.1, -0.05) is 6.07 Å². The maximum atomic E-state index is 12.1. The predicted molar refractivity (Wildman–Crippen MR) is 122 cm³/mol. The smallest absolute Gasteiger partial charge is 0.410 e. The van der Waals surface area contributed by atoms with Crippen LogP contribution in [-0.2, 0) is 11.3 Å². The fourth-order valence-corrected chi connectivity index (χ4v) is 2.71. The summed E-state index contributed by atoms with van der Waals surface area (Å²) >= 11 is 0. The number of aromatic nitrogens is 1. The van der Waals surface area contributed by atoms with Crippen molar-refractivity contribution in [1.29, 1.82) is 0 Å². The molecule has 8 nitrogen and oxygen atoms in total. The highest BCUT2D eigenvalue weighted by molar-refractivity contribution is 14.0. The Labute approximate surface area is 185 Å². The van der Waals surface area contributed by atoms with Gasteiger partial charge in [0.25, 0.3) is 0 Å². The summed E-state index contributed by atoms with van der Waals surface area (Å²) in [7, 11) is 1.76. The van der Waals surface area contributed by atoms with E-state index in [0.29, 0.717) is 19.6 Å². The van der Waals surface area contributed by atoms with Gasteiger partial charge in [0.1, 0.15) is 5.60 Å². The maximum absolute atomic E-state index is 12.1. The van der Waals surface area contributed by atoms with Gasteiger partial charge in [0.15, 0.2) is 5.96 Å². The molecule has 0 aliphatic carbocycles. The van der Waals surface area contributed by atoms with E-state index in [2.05, 4.69) is 25.5 Å². The number of halogens is 1. The summed E-state index contributed by atoms with van der Waals surface area (Å²) in [6.07, 6.45) is 1.56. The molecule has 0 saturated carbocycles. The number of nitrogens with one attached hydrogen (secondary N) is 2. The van der Waals surface area contributed by atoms with Crippen molar-refractivity contribution in [2.75, 3.05) is 46.3 Å². The van der Waals surface area contributed by atoms with Gasteiger partial charge in [0.2, 0.25) is 0 Å². The molecule has 1 amide bonds. The zero-order chi connectivity index (χ0) is 19.7. The Bertz CT molecular complexity index is 613. The van der Waals surface area contributed by atoms with Gasteiger partial charge in [-0.05, 0) is 32.9 Å². The lowest BCUT2D eigenvalue weighted by Crippen LogP contribution is -2.51. The van der Waals surface area contributed by atoms with E-state index in [-0.39, 0.29) is 30.1 Å². The number of guanidine groups is 1. The van der Waals surface area contributed by atoms with Gasteiger partial charge in [-0.2, -0.15) is 0 Å². The first-order chi connectivity index (χ1) is 12.9. The standard InChI is InChI=1S/C19H32N6O2.HI/c1-19(2,3)27-18(26)25-13-11-24(12-14-25)10-9-22-17(20-4)23-15-16-7-5-6-8-21-16;/h5-8H,9-15H2,1-4H3,(H2,20,22,23);1H. The molecular weight excluding hydrogens is 471 g/mol. The van der Waals surface area contributed by atoms with Crippen molar-refractivity contribution in [3.05, 3.63) is 30.1 Å². The minimum Gasteiger partial charge on any atom is -0.444 e. The molecule has 1 fully saturated rings. The van der Waals surface area contributed by atoms with Crippen LogP contribution in [0.15, 0.2) is 29.4 Å². The number of amides is 1. The molecule has 0 radical (unpaired) electrons. The monoisotopic (exact) mass is 504 g/mol. The number of ether oxygens (including phenoxy) is 1. The summed E-state index contributed by atoms with van der Waals surface area (Å²) in [6.45, 7) is 11.1. The number of rotatable bonds is 5. The zero-order valence-corrected chi connectivity index (χ0v) is 19.6. The van der Waals surface area contributed by atoms with E-state index in [1.807, 2.05) is 39.0 Å². The van der Waals surface area contributed by atoms with E-state index in [1.54, 1.807) is 18.1 Å². The van der Waals surface area contributed by atoms with Crippen LogP contribution in [0.3, 0.4) is 0 Å². The highest BCUT2D eigenvalue weighted by Crippen LogP contribution is 2.11. The maximum Gasteiger partial charge on any atom is 0.410 e. The van der Waals surface area contributed by atoms with E-state index in [9.17, 15) is 4.79 Å². The summed E-state index contributed by atoms with van der Waals surface area (Å²) in [5.74, 6) is 0.757. The van der Waals surface area contributed by atoms with Crippen LogP contribution in [0.2, 0.25) is 0 Å². The number of nitrogens with zero attached hydrogens (tertiary/aromatic N) is 4. The third-order valence-corrected chi connectivity index (χ3v) is 4.13. The predicted octanol–water partition coefficient (Wildman–Crippen LogP) is 1.92. The highest BCUT2D eigenvalue weighted by atomic mass is 127. The molecule has 1 aromatic rings. The lowest BCUT2D eigenvalue weighted by molar-refractivity contribution is 0.0147. The summed E-state index contributed by atoms with van der Waals surface area (Å²) in [5.41, 5.74) is 0.523. The van der Waals surface area contributed by atoms with Crippen LogP contribution in [0.1, 0.15) is 26.5 Å². The van der Waals surface area contributed by atoms with Crippen molar-refractivity contribution < 1.29 is 9.53 Å². The molecule has 1 aromatic heterocycles. The minimum atomic E-state index is -0.448. The van der Waals surface area contributed by atoms with Crippen LogP contribution < -0.4 is 10.6 Å². The van der Waals surface area contributed by atoms with Crippen LogP contribution >= 0.6 is 24.0 Å². The average Bonchev–Trinajstić information content (AvgIpc) is 2.64. The second kappa shape index (κ2) is 12.1. The third kappa shape index (κ3) is 9.05. The molecule has 158 valence electrons. The van der Waals surface area contributed by atoms with Crippen molar-refractivity contribution in [1.82, 2.24) is 25.4 Å². The van der Waals surface area contributed by atoms with Gasteiger partial charge < -0.3 is 20.3 Å². The van der Waals surface area contributed by atoms with Crippen molar-refractivity contribution in [2.45, 2.75) is 32.9 Å². The molecule has 1 aliphatic heterocycles. The van der Waals surface area contributed by atoms with Crippen molar-refractivity contribution in [2.24, 2.45) is 4.99 Å². The Balaban J connectivity index is 0.00000392. The second-order valence-electron chi connectivity index (χ2n) is 7.48. The van der Waals surface area contributed by atoms with E-state index < -0.39 is 5.60 Å². The highest BCUT2D eigenvalue weighted by Gasteiger charge is 2.25. The first kappa shape index (κ1) is 24.4. The van der Waals surface area contributed by atoms with E-state index in [4.69, 9.17) is 4.74 Å². The van der Waals surface area contributed by atoms with E-state index in [1.165, 1.54) is 0 Å². The summed E-state index contributed by atoms with van der Waals surface area (Å²) < 4.78 is 5.43. The van der Waals surface area contributed by atoms with Gasteiger partial charge in [-0.3, -0.25) is 14.9 Å². The Hall–Kier alpha value is -1.62. The molecule has 28 heavy (non-hydrogen) atoms. The van der Waals surface area contributed by atoms with Crippen LogP contribution in [0.25, 0.3) is 0 Å². The van der Waals surface area contributed by atoms with E-state index >= 15 is 0 Å². The van der Waals surface area contributed by atoms with Gasteiger partial charge in [-0.15, -0.1) is 24.0 Å². The Morgan fingerprint density at radius 1 is 1.21 bits per heavy atom. The molecule has 2 heterocycles. The average molecular weight is 504 g/mol. The lowest BCUT2D eigenvalue weighted by Gasteiger charge is -2.35. The number of carbonyl (C=O) groups excluding carboxylic acids is 1.